The van der Waals surface area contributed by atoms with E-state index >= 15 is 0 Å². The Bertz CT molecular complexity index is 1050. The van der Waals surface area contributed by atoms with Crippen molar-refractivity contribution in [3.63, 3.8) is 0 Å². The van der Waals surface area contributed by atoms with Crippen molar-refractivity contribution in [1.82, 2.24) is 9.62 Å². The third-order valence-electron chi connectivity index (χ3n) is 5.16. The van der Waals surface area contributed by atoms with E-state index in [1.165, 1.54) is 22.0 Å². The molecule has 0 spiro atoms. The van der Waals surface area contributed by atoms with Crippen molar-refractivity contribution in [2.75, 3.05) is 25.0 Å². The lowest BCUT2D eigenvalue weighted by atomic mass is 9.87. The second-order valence-electron chi connectivity index (χ2n) is 8.70. The van der Waals surface area contributed by atoms with Gasteiger partial charge in [-0.05, 0) is 72.4 Å². The molecule has 2 aromatic rings. The van der Waals surface area contributed by atoms with Crippen LogP contribution in [0.5, 0.6) is 5.75 Å². The largest absolute Gasteiger partial charge is 0.484 e. The minimum atomic E-state index is -3.46. The second-order valence-corrected chi connectivity index (χ2v) is 11.0. The summed E-state index contributed by atoms with van der Waals surface area (Å²) in [7, 11) is -3.46. The summed E-state index contributed by atoms with van der Waals surface area (Å²) in [5, 5.41) is 5.54. The van der Waals surface area contributed by atoms with Crippen molar-refractivity contribution in [2.24, 2.45) is 0 Å². The van der Waals surface area contributed by atoms with Gasteiger partial charge >= 0.3 is 0 Å². The van der Waals surface area contributed by atoms with E-state index in [0.29, 0.717) is 24.5 Å². The molecule has 1 aliphatic heterocycles. The van der Waals surface area contributed by atoms with Crippen molar-refractivity contribution >= 4 is 38.9 Å². The van der Waals surface area contributed by atoms with Gasteiger partial charge in [0.05, 0.1) is 4.90 Å². The standard InChI is InChI=1S/C23H29N3O4S2/c1-23(2,3)17-6-10-19(11-7-17)30-16-21(27)25-22(31)24-18-8-12-20(13-9-18)32(28,29)26-14-4-5-15-26/h6-13H,4-5,14-16H2,1-3H3,(H2,24,25,27,31). The molecule has 172 valence electrons. The van der Waals surface area contributed by atoms with Gasteiger partial charge in [-0.15, -0.1) is 0 Å². The highest BCUT2D eigenvalue weighted by atomic mass is 32.2. The predicted octanol–water partition coefficient (Wildman–Crippen LogP) is 3.66. The van der Waals surface area contributed by atoms with Gasteiger partial charge in [-0.2, -0.15) is 4.31 Å². The highest BCUT2D eigenvalue weighted by Crippen LogP contribution is 2.24. The molecule has 1 heterocycles. The number of ether oxygens (including phenoxy) is 1. The van der Waals surface area contributed by atoms with E-state index in [-0.39, 0.29) is 22.0 Å². The van der Waals surface area contributed by atoms with E-state index < -0.39 is 15.9 Å². The van der Waals surface area contributed by atoms with Crippen LogP contribution in [0.1, 0.15) is 39.2 Å². The Balaban J connectivity index is 1.48. The lowest BCUT2D eigenvalue weighted by Gasteiger charge is -2.19. The Kier molecular flexibility index (Phi) is 7.53. The molecule has 0 unspecified atom stereocenters. The molecule has 32 heavy (non-hydrogen) atoms. The average molecular weight is 476 g/mol. The maximum atomic E-state index is 12.6. The second kappa shape index (κ2) is 9.97. The number of sulfonamides is 1. The number of rotatable bonds is 6. The van der Waals surface area contributed by atoms with Gasteiger partial charge in [0.15, 0.2) is 11.7 Å². The van der Waals surface area contributed by atoms with Crippen molar-refractivity contribution in [1.29, 1.82) is 0 Å². The van der Waals surface area contributed by atoms with Crippen LogP contribution in [0.25, 0.3) is 0 Å². The molecule has 9 heteroatoms. The summed E-state index contributed by atoms with van der Waals surface area (Å²) < 4.78 is 32.2. The summed E-state index contributed by atoms with van der Waals surface area (Å²) in [5.41, 5.74) is 1.80. The molecule has 3 rings (SSSR count). The van der Waals surface area contributed by atoms with E-state index in [2.05, 4.69) is 31.4 Å². The summed E-state index contributed by atoms with van der Waals surface area (Å²) in [4.78, 5) is 12.4. The quantitative estimate of drug-likeness (QED) is 0.620. The number of amides is 1. The maximum absolute atomic E-state index is 12.6. The Morgan fingerprint density at radius 2 is 1.62 bits per heavy atom. The Hall–Kier alpha value is -2.49. The fourth-order valence-corrected chi connectivity index (χ4v) is 5.06. The van der Waals surface area contributed by atoms with Crippen LogP contribution in [0.2, 0.25) is 0 Å². The zero-order valence-corrected chi connectivity index (χ0v) is 20.2. The zero-order chi connectivity index (χ0) is 23.4. The summed E-state index contributed by atoms with van der Waals surface area (Å²) in [5.74, 6) is 0.206. The third kappa shape index (κ3) is 6.27. The number of carbonyl (C=O) groups excluding carboxylic acids is 1. The molecule has 0 radical (unpaired) electrons. The molecular formula is C23H29N3O4S2. The molecule has 1 amide bonds. The monoisotopic (exact) mass is 475 g/mol. The van der Waals surface area contributed by atoms with Gasteiger partial charge in [0.2, 0.25) is 10.0 Å². The molecule has 1 saturated heterocycles. The Morgan fingerprint density at radius 1 is 1.03 bits per heavy atom. The van der Waals surface area contributed by atoms with Crippen molar-refractivity contribution in [2.45, 2.75) is 43.9 Å². The van der Waals surface area contributed by atoms with Crippen LogP contribution < -0.4 is 15.4 Å². The molecule has 0 bridgehead atoms. The van der Waals surface area contributed by atoms with Gasteiger partial charge in [0.1, 0.15) is 5.75 Å². The van der Waals surface area contributed by atoms with Gasteiger partial charge in [0.25, 0.3) is 5.91 Å². The van der Waals surface area contributed by atoms with Crippen LogP contribution in [0, 0.1) is 0 Å². The van der Waals surface area contributed by atoms with Gasteiger partial charge in [0, 0.05) is 18.8 Å². The molecule has 2 N–H and O–H groups in total. The van der Waals surface area contributed by atoms with E-state index in [1.54, 1.807) is 12.1 Å². The topological polar surface area (TPSA) is 87.7 Å². The third-order valence-corrected chi connectivity index (χ3v) is 7.28. The normalized spacial score (nSPS) is 14.7. The molecule has 0 aliphatic carbocycles. The number of hydrogen-bond acceptors (Lipinski definition) is 5. The molecule has 1 aliphatic rings. The molecule has 0 aromatic heterocycles. The molecule has 0 saturated carbocycles. The minimum absolute atomic E-state index is 0.0460. The van der Waals surface area contributed by atoms with E-state index in [9.17, 15) is 13.2 Å². The number of carbonyl (C=O) groups is 1. The summed E-state index contributed by atoms with van der Waals surface area (Å²) in [6.07, 6.45) is 1.78. The van der Waals surface area contributed by atoms with Gasteiger partial charge in [-0.3, -0.25) is 10.1 Å². The molecular weight excluding hydrogens is 446 g/mol. The van der Waals surface area contributed by atoms with Gasteiger partial charge in [-0.1, -0.05) is 32.9 Å². The summed E-state index contributed by atoms with van der Waals surface area (Å²) in [6.45, 7) is 7.32. The van der Waals surface area contributed by atoms with Gasteiger partial charge < -0.3 is 10.1 Å². The van der Waals surface area contributed by atoms with E-state index in [0.717, 1.165) is 12.8 Å². The number of nitrogens with one attached hydrogen (secondary N) is 2. The minimum Gasteiger partial charge on any atom is -0.484 e. The summed E-state index contributed by atoms with van der Waals surface area (Å²) >= 11 is 5.17. The first kappa shape index (κ1) is 24.2. The summed E-state index contributed by atoms with van der Waals surface area (Å²) in [6, 6.07) is 13.9. The van der Waals surface area contributed by atoms with Crippen LogP contribution in [0.4, 0.5) is 5.69 Å². The predicted molar refractivity (Wildman–Crippen MR) is 129 cm³/mol. The first-order chi connectivity index (χ1) is 15.1. The molecule has 7 nitrogen and oxygen atoms in total. The number of benzene rings is 2. The Labute approximate surface area is 195 Å². The lowest BCUT2D eigenvalue weighted by molar-refractivity contribution is -0.121. The smallest absolute Gasteiger partial charge is 0.264 e. The molecule has 1 fully saturated rings. The fourth-order valence-electron chi connectivity index (χ4n) is 3.31. The highest BCUT2D eigenvalue weighted by Gasteiger charge is 2.26. The highest BCUT2D eigenvalue weighted by molar-refractivity contribution is 7.89. The SMILES string of the molecule is CC(C)(C)c1ccc(OCC(=O)NC(=S)Nc2ccc(S(=O)(=O)N3CCCC3)cc2)cc1. The average Bonchev–Trinajstić information content (AvgIpc) is 3.28. The number of hydrogen-bond donors (Lipinski definition) is 2. The van der Waals surface area contributed by atoms with Crippen LogP contribution >= 0.6 is 12.2 Å². The fraction of sp³-hybridized carbons (Fsp3) is 0.391. The van der Waals surface area contributed by atoms with Gasteiger partial charge in [-0.25, -0.2) is 8.42 Å². The van der Waals surface area contributed by atoms with Crippen LogP contribution in [-0.4, -0.2) is 43.4 Å². The van der Waals surface area contributed by atoms with E-state index in [1.807, 2.05) is 24.3 Å². The lowest BCUT2D eigenvalue weighted by Crippen LogP contribution is -2.37. The van der Waals surface area contributed by atoms with Crippen LogP contribution in [0.3, 0.4) is 0 Å². The van der Waals surface area contributed by atoms with Crippen molar-refractivity contribution in [3.05, 3.63) is 54.1 Å². The van der Waals surface area contributed by atoms with Crippen LogP contribution in [-0.2, 0) is 20.2 Å². The first-order valence-electron chi connectivity index (χ1n) is 10.5. The zero-order valence-electron chi connectivity index (χ0n) is 18.6. The number of anilines is 1. The maximum Gasteiger partial charge on any atom is 0.264 e. The first-order valence-corrected chi connectivity index (χ1v) is 12.3. The Morgan fingerprint density at radius 3 is 2.19 bits per heavy atom. The van der Waals surface area contributed by atoms with Crippen molar-refractivity contribution < 1.29 is 17.9 Å². The van der Waals surface area contributed by atoms with Crippen LogP contribution in [0.15, 0.2) is 53.4 Å². The van der Waals surface area contributed by atoms with Crippen molar-refractivity contribution in [3.8, 4) is 5.75 Å². The number of thiocarbonyl (C=S) groups is 1. The van der Waals surface area contributed by atoms with E-state index in [4.69, 9.17) is 17.0 Å². The molecule has 2 aromatic carbocycles. The number of nitrogens with zero attached hydrogens (tertiary/aromatic N) is 1. The molecule has 0 atom stereocenters.